The summed E-state index contributed by atoms with van der Waals surface area (Å²) < 4.78 is 5.69. The fourth-order valence-corrected chi connectivity index (χ4v) is 7.26. The maximum atomic E-state index is 14.2. The van der Waals surface area contributed by atoms with Crippen molar-refractivity contribution in [3.05, 3.63) is 80.8 Å². The molecular formula is C35H45N5O4. The number of nitrogens with one attached hydrogen (secondary N) is 2. The van der Waals surface area contributed by atoms with Gasteiger partial charge in [0.05, 0.1) is 12.0 Å². The number of nitrogens with zero attached hydrogens (tertiary/aromatic N) is 2. The van der Waals surface area contributed by atoms with Crippen LogP contribution in [0.25, 0.3) is 11.1 Å². The molecular weight excluding hydrogens is 554 g/mol. The van der Waals surface area contributed by atoms with Crippen molar-refractivity contribution in [3.8, 4) is 11.1 Å². The van der Waals surface area contributed by atoms with E-state index in [1.54, 1.807) is 0 Å². The van der Waals surface area contributed by atoms with Crippen LogP contribution in [0, 0.1) is 20.8 Å². The molecule has 2 saturated heterocycles. The van der Waals surface area contributed by atoms with Crippen molar-refractivity contribution in [2.24, 2.45) is 5.73 Å². The van der Waals surface area contributed by atoms with Crippen LogP contribution in [0.2, 0.25) is 0 Å². The molecule has 0 aliphatic carbocycles. The highest BCUT2D eigenvalue weighted by molar-refractivity contribution is 6.08. The van der Waals surface area contributed by atoms with Gasteiger partial charge in [-0.1, -0.05) is 24.3 Å². The summed E-state index contributed by atoms with van der Waals surface area (Å²) >= 11 is 0. The number of pyridine rings is 1. The minimum absolute atomic E-state index is 0.0833. The second-order valence-corrected chi connectivity index (χ2v) is 12.2. The summed E-state index contributed by atoms with van der Waals surface area (Å²) in [7, 11) is 0. The van der Waals surface area contributed by atoms with Gasteiger partial charge in [0.25, 0.3) is 5.56 Å². The number of benzene rings is 2. The number of carbonyl (C=O) groups excluding carboxylic acids is 2. The first-order chi connectivity index (χ1) is 21.2. The van der Waals surface area contributed by atoms with Gasteiger partial charge >= 0.3 is 0 Å². The number of hydrogen-bond acceptors (Lipinski definition) is 6. The lowest BCUT2D eigenvalue weighted by Gasteiger charge is -2.37. The number of nitrogens with two attached hydrogens (primary N) is 1. The van der Waals surface area contributed by atoms with E-state index in [4.69, 9.17) is 9.53 Å². The number of H-pyrrole nitrogens is 1. The van der Waals surface area contributed by atoms with Gasteiger partial charge in [0, 0.05) is 48.4 Å². The van der Waals surface area contributed by atoms with Gasteiger partial charge in [-0.3, -0.25) is 14.4 Å². The van der Waals surface area contributed by atoms with Crippen LogP contribution < -0.4 is 26.4 Å². The van der Waals surface area contributed by atoms with Crippen molar-refractivity contribution in [2.75, 3.05) is 42.6 Å². The number of hydrogen-bond donors (Lipinski definition) is 3. The van der Waals surface area contributed by atoms with Gasteiger partial charge in [0.15, 0.2) is 0 Å². The zero-order chi connectivity index (χ0) is 31.4. The smallest absolute Gasteiger partial charge is 0.253 e. The molecule has 2 amide bonds. The van der Waals surface area contributed by atoms with Crippen LogP contribution in [0.5, 0.6) is 0 Å². The Morgan fingerprint density at radius 2 is 1.66 bits per heavy atom. The summed E-state index contributed by atoms with van der Waals surface area (Å²) in [6, 6.07) is 15.8. The normalized spacial score (nSPS) is 17.6. The number of aryl methyl sites for hydroxylation is 3. The Morgan fingerprint density at radius 1 is 1.00 bits per heavy atom. The lowest BCUT2D eigenvalue weighted by atomic mass is 9.75. The van der Waals surface area contributed by atoms with Crippen molar-refractivity contribution >= 4 is 23.7 Å². The van der Waals surface area contributed by atoms with Crippen LogP contribution in [0.4, 0.5) is 11.4 Å². The molecule has 0 radical (unpaired) electrons. The van der Waals surface area contributed by atoms with E-state index >= 15 is 0 Å². The predicted octanol–water partition coefficient (Wildman–Crippen LogP) is 4.24. The first kappa shape index (κ1) is 31.5. The molecule has 44 heavy (non-hydrogen) atoms. The maximum Gasteiger partial charge on any atom is 0.253 e. The highest BCUT2D eigenvalue weighted by Crippen LogP contribution is 2.49. The molecule has 9 nitrogen and oxygen atoms in total. The van der Waals surface area contributed by atoms with Gasteiger partial charge in [-0.15, -0.1) is 0 Å². The van der Waals surface area contributed by atoms with Crippen LogP contribution in [0.15, 0.2) is 47.3 Å². The minimum atomic E-state index is -0.593. The molecule has 6 rings (SSSR count). The average Bonchev–Trinajstić information content (AvgIpc) is 3.23. The molecule has 1 aromatic heterocycles. The second-order valence-electron chi connectivity index (χ2n) is 12.2. The molecule has 3 aliphatic rings. The zero-order valence-corrected chi connectivity index (χ0v) is 26.4. The number of primary amides is 1. The van der Waals surface area contributed by atoms with Gasteiger partial charge in [-0.25, -0.2) is 0 Å². The van der Waals surface area contributed by atoms with Gasteiger partial charge in [0.2, 0.25) is 12.3 Å². The molecule has 9 heteroatoms. The molecule has 0 unspecified atom stereocenters. The minimum Gasteiger partial charge on any atom is -0.381 e. The number of ether oxygens (including phenoxy) is 1. The number of carbonyl (C=O) groups is 2. The number of rotatable bonds is 6. The molecule has 4 N–H and O–H groups in total. The van der Waals surface area contributed by atoms with Gasteiger partial charge in [-0.2, -0.15) is 0 Å². The Morgan fingerprint density at radius 3 is 2.32 bits per heavy atom. The number of amides is 2. The van der Waals surface area contributed by atoms with Crippen molar-refractivity contribution in [2.45, 2.75) is 71.4 Å². The van der Waals surface area contributed by atoms with E-state index in [1.807, 2.05) is 24.8 Å². The molecule has 2 aromatic carbocycles. The Hall–Kier alpha value is -3.95. The molecule has 4 heterocycles. The summed E-state index contributed by atoms with van der Waals surface area (Å²) in [6.45, 7) is 12.8. The number of anilines is 2. The fourth-order valence-electron chi connectivity index (χ4n) is 7.26. The maximum absolute atomic E-state index is 14.2. The molecule has 2 fully saturated rings. The quantitative estimate of drug-likeness (QED) is 0.365. The monoisotopic (exact) mass is 599 g/mol. The lowest BCUT2D eigenvalue weighted by Crippen LogP contribution is -2.44. The van der Waals surface area contributed by atoms with E-state index in [0.717, 1.165) is 66.1 Å². The van der Waals surface area contributed by atoms with E-state index in [1.165, 1.54) is 11.3 Å². The van der Waals surface area contributed by atoms with Crippen molar-refractivity contribution in [1.29, 1.82) is 0 Å². The van der Waals surface area contributed by atoms with Gasteiger partial charge < -0.3 is 30.6 Å². The third-order valence-electron chi connectivity index (χ3n) is 9.56. The molecule has 1 spiro atoms. The topological polar surface area (TPSA) is 121 Å². The Bertz CT molecular complexity index is 1570. The molecule has 3 aliphatic heterocycles. The molecule has 234 valence electrons. The van der Waals surface area contributed by atoms with E-state index in [9.17, 15) is 9.59 Å². The summed E-state index contributed by atoms with van der Waals surface area (Å²) in [5.41, 5.74) is 12.6. The molecule has 0 saturated carbocycles. The van der Waals surface area contributed by atoms with E-state index in [0.29, 0.717) is 37.7 Å². The summed E-state index contributed by atoms with van der Waals surface area (Å²) in [5.74, 6) is 0.0833. The van der Waals surface area contributed by atoms with Crippen molar-refractivity contribution < 1.29 is 14.3 Å². The highest BCUT2D eigenvalue weighted by Gasteiger charge is 2.51. The Kier molecular flexibility index (Phi) is 9.56. The van der Waals surface area contributed by atoms with Crippen molar-refractivity contribution in [3.63, 3.8) is 0 Å². The fraction of sp³-hybridized carbons (Fsp3) is 0.457. The Labute approximate surface area is 259 Å². The van der Waals surface area contributed by atoms with E-state index < -0.39 is 5.41 Å². The van der Waals surface area contributed by atoms with Crippen LogP contribution in [-0.4, -0.2) is 56.2 Å². The number of piperidine rings is 1. The zero-order valence-electron chi connectivity index (χ0n) is 26.4. The summed E-state index contributed by atoms with van der Waals surface area (Å²) in [4.78, 5) is 43.2. The summed E-state index contributed by atoms with van der Waals surface area (Å²) in [5, 5.41) is 3.49. The van der Waals surface area contributed by atoms with Crippen LogP contribution in [0.3, 0.4) is 0 Å². The number of aromatic amines is 1. The predicted molar refractivity (Wildman–Crippen MR) is 175 cm³/mol. The van der Waals surface area contributed by atoms with E-state index in [2.05, 4.69) is 71.2 Å². The van der Waals surface area contributed by atoms with Crippen LogP contribution in [-0.2, 0) is 26.3 Å². The SMILES string of the molecule is CCN(c1cc(-c2ccc3c(c2)N(Cc2c(C)cc(C)[nH]c2=O)C(=O)C32CCOCC2)ccc1C)C1CCNCC1.NC=O. The molecule has 0 bridgehead atoms. The standard InChI is InChI=1S/C34H42N4O3.CH3NO/c1-5-37(27-10-14-35-15-11-27)30-19-25(7-6-22(30)2)26-8-9-29-31(20-26)38(33(40)34(29)12-16-41-17-13-34)21-28-23(3)18-24(4)36-32(28)39;2-1-3/h6-9,18-20,27,35H,5,10-17,21H2,1-4H3,(H,36,39);1H,(H2,2,3). The lowest BCUT2D eigenvalue weighted by molar-refractivity contribution is -0.126. The van der Waals surface area contributed by atoms with Crippen molar-refractivity contribution in [1.82, 2.24) is 10.3 Å². The van der Waals surface area contributed by atoms with Crippen LogP contribution >= 0.6 is 0 Å². The third-order valence-corrected chi connectivity index (χ3v) is 9.56. The van der Waals surface area contributed by atoms with Gasteiger partial charge in [0.1, 0.15) is 0 Å². The second kappa shape index (κ2) is 13.4. The van der Waals surface area contributed by atoms with Gasteiger partial charge in [-0.05, 0) is 112 Å². The average molecular weight is 600 g/mol. The first-order valence-corrected chi connectivity index (χ1v) is 15.7. The number of fused-ring (bicyclic) bond motifs is 2. The highest BCUT2D eigenvalue weighted by atomic mass is 16.5. The third kappa shape index (κ3) is 5.90. The van der Waals surface area contributed by atoms with Crippen LogP contribution in [0.1, 0.15) is 60.6 Å². The first-order valence-electron chi connectivity index (χ1n) is 15.7. The summed E-state index contributed by atoms with van der Waals surface area (Å²) in [6.07, 6.45) is 3.87. The number of aromatic nitrogens is 1. The molecule has 3 aromatic rings. The largest absolute Gasteiger partial charge is 0.381 e. The molecule has 0 atom stereocenters. The Balaban J connectivity index is 0.00000123. The van der Waals surface area contributed by atoms with E-state index in [-0.39, 0.29) is 24.4 Å².